The van der Waals surface area contributed by atoms with Crippen LogP contribution in [-0.2, 0) is 14.3 Å². The molecule has 0 heterocycles. The highest BCUT2D eigenvalue weighted by atomic mass is 35.5. The van der Waals surface area contributed by atoms with Crippen molar-refractivity contribution >= 4 is 23.5 Å². The fourth-order valence-electron chi connectivity index (χ4n) is 1.33. The molecule has 1 aromatic rings. The first kappa shape index (κ1) is 16.3. The van der Waals surface area contributed by atoms with Crippen LogP contribution in [0.3, 0.4) is 0 Å². The number of aliphatic hydroxyl groups excluding tert-OH is 1. The molecule has 1 aromatic carbocycles. The minimum atomic E-state index is -1.37. The van der Waals surface area contributed by atoms with E-state index in [0.717, 1.165) is 7.11 Å². The second-order valence-corrected chi connectivity index (χ2v) is 4.28. The lowest BCUT2D eigenvalue weighted by Gasteiger charge is -2.10. The molecule has 7 heteroatoms. The average Bonchev–Trinajstić information content (AvgIpc) is 2.45. The van der Waals surface area contributed by atoms with Gasteiger partial charge in [0.25, 0.3) is 0 Å². The monoisotopic (exact) mass is 301 g/mol. The van der Waals surface area contributed by atoms with Crippen LogP contribution in [0, 0.1) is 0 Å². The van der Waals surface area contributed by atoms with E-state index in [1.165, 1.54) is 0 Å². The van der Waals surface area contributed by atoms with E-state index in [-0.39, 0.29) is 25.5 Å². The number of nitrogens with one attached hydrogen (secondary N) is 1. The smallest absolute Gasteiger partial charge is 0.336 e. The number of halogens is 1. The number of esters is 1. The summed E-state index contributed by atoms with van der Waals surface area (Å²) in [6.07, 6.45) is -1.28. The molecule has 0 aliphatic carbocycles. The molecule has 0 aliphatic heterocycles. The highest BCUT2D eigenvalue weighted by Crippen LogP contribution is 2.22. The summed E-state index contributed by atoms with van der Waals surface area (Å²) in [5, 5.41) is 12.1. The normalized spacial score (nSPS) is 11.6. The van der Waals surface area contributed by atoms with Crippen LogP contribution >= 0.6 is 11.6 Å². The minimum Gasteiger partial charge on any atom is -0.491 e. The van der Waals surface area contributed by atoms with Crippen LogP contribution in [0.2, 0.25) is 5.02 Å². The number of hydrogen-bond acceptors (Lipinski definition) is 5. The molecule has 1 amide bonds. The van der Waals surface area contributed by atoms with Gasteiger partial charge in [-0.2, -0.15) is 0 Å². The summed E-state index contributed by atoms with van der Waals surface area (Å²) in [5.41, 5.74) is 0. The van der Waals surface area contributed by atoms with E-state index in [9.17, 15) is 14.7 Å². The summed E-state index contributed by atoms with van der Waals surface area (Å²) >= 11 is 5.88. The topological polar surface area (TPSA) is 84.9 Å². The molecule has 0 saturated carbocycles. The molecule has 6 nitrogen and oxygen atoms in total. The number of carbonyl (C=O) groups excluding carboxylic acids is 2. The minimum absolute atomic E-state index is 0.0825. The fourth-order valence-corrected chi connectivity index (χ4v) is 1.52. The molecule has 0 saturated heterocycles. The van der Waals surface area contributed by atoms with Crippen molar-refractivity contribution < 1.29 is 24.2 Å². The van der Waals surface area contributed by atoms with Crippen molar-refractivity contribution in [3.63, 3.8) is 0 Å². The molecule has 1 rings (SSSR count). The zero-order chi connectivity index (χ0) is 15.0. The Hall–Kier alpha value is -1.79. The van der Waals surface area contributed by atoms with Crippen molar-refractivity contribution in [3.8, 4) is 5.75 Å². The molecule has 0 bridgehead atoms. The van der Waals surface area contributed by atoms with Gasteiger partial charge in [-0.05, 0) is 12.1 Å². The average molecular weight is 302 g/mol. The number of benzene rings is 1. The zero-order valence-electron chi connectivity index (χ0n) is 11.0. The standard InChI is InChI=1S/C13H16ClNO5/c1-19-13(18)10(16)8-15-12(17)6-7-20-11-5-3-2-4-9(11)14/h2-5,10,16H,6-8H2,1H3,(H,15,17). The summed E-state index contributed by atoms with van der Waals surface area (Å²) in [6.45, 7) is -0.0541. The number of para-hydroxylation sites is 1. The molecule has 0 aliphatic rings. The van der Waals surface area contributed by atoms with Crippen LogP contribution in [-0.4, -0.2) is 43.3 Å². The maximum Gasteiger partial charge on any atom is 0.336 e. The van der Waals surface area contributed by atoms with Crippen molar-refractivity contribution in [3.05, 3.63) is 29.3 Å². The molecule has 0 fully saturated rings. The molecule has 0 aromatic heterocycles. The summed E-state index contributed by atoms with van der Waals surface area (Å²) in [5.74, 6) is -0.644. The lowest BCUT2D eigenvalue weighted by atomic mass is 10.3. The Kier molecular flexibility index (Phi) is 6.83. The van der Waals surface area contributed by atoms with Gasteiger partial charge < -0.3 is 19.9 Å². The maximum absolute atomic E-state index is 11.4. The Morgan fingerprint density at radius 2 is 2.10 bits per heavy atom. The second kappa shape index (κ2) is 8.39. The van der Waals surface area contributed by atoms with Crippen molar-refractivity contribution in [2.45, 2.75) is 12.5 Å². The van der Waals surface area contributed by atoms with Gasteiger partial charge in [0.05, 0.1) is 31.7 Å². The summed E-state index contributed by atoms with van der Waals surface area (Å²) in [6, 6.07) is 6.93. The fraction of sp³-hybridized carbons (Fsp3) is 0.385. The number of amides is 1. The van der Waals surface area contributed by atoms with Gasteiger partial charge in [0, 0.05) is 0 Å². The first-order valence-electron chi connectivity index (χ1n) is 5.94. The molecule has 1 unspecified atom stereocenters. The Morgan fingerprint density at radius 1 is 1.40 bits per heavy atom. The number of hydrogen-bond donors (Lipinski definition) is 2. The lowest BCUT2D eigenvalue weighted by molar-refractivity contribution is -0.150. The van der Waals surface area contributed by atoms with E-state index >= 15 is 0 Å². The molecule has 2 N–H and O–H groups in total. The predicted molar refractivity (Wildman–Crippen MR) is 72.6 cm³/mol. The van der Waals surface area contributed by atoms with Crippen LogP contribution in [0.4, 0.5) is 0 Å². The summed E-state index contributed by atoms with van der Waals surface area (Å²) < 4.78 is 9.65. The van der Waals surface area contributed by atoms with E-state index < -0.39 is 12.1 Å². The molecular weight excluding hydrogens is 286 g/mol. The third kappa shape index (κ3) is 5.46. The number of carbonyl (C=O) groups is 2. The zero-order valence-corrected chi connectivity index (χ0v) is 11.7. The molecule has 20 heavy (non-hydrogen) atoms. The van der Waals surface area contributed by atoms with Crippen molar-refractivity contribution in [1.29, 1.82) is 0 Å². The highest BCUT2D eigenvalue weighted by molar-refractivity contribution is 6.32. The molecule has 0 spiro atoms. The number of methoxy groups -OCH3 is 1. The molecular formula is C13H16ClNO5. The van der Waals surface area contributed by atoms with Crippen molar-refractivity contribution in [2.75, 3.05) is 20.3 Å². The SMILES string of the molecule is COC(=O)C(O)CNC(=O)CCOc1ccccc1Cl. The Balaban J connectivity index is 2.24. The van der Waals surface area contributed by atoms with Crippen LogP contribution in [0.1, 0.15) is 6.42 Å². The quantitative estimate of drug-likeness (QED) is 0.726. The molecule has 110 valence electrons. The molecule has 1 atom stereocenters. The van der Waals surface area contributed by atoms with Crippen molar-refractivity contribution in [1.82, 2.24) is 5.32 Å². The lowest BCUT2D eigenvalue weighted by Crippen LogP contribution is -2.37. The van der Waals surface area contributed by atoms with Crippen LogP contribution < -0.4 is 10.1 Å². The predicted octanol–water partition coefficient (Wildman–Crippen LogP) is 0.759. The number of ether oxygens (including phenoxy) is 2. The van der Waals surface area contributed by atoms with Crippen LogP contribution in [0.25, 0.3) is 0 Å². The maximum atomic E-state index is 11.4. The van der Waals surface area contributed by atoms with E-state index in [1.807, 2.05) is 0 Å². The summed E-state index contributed by atoms with van der Waals surface area (Å²) in [4.78, 5) is 22.3. The number of rotatable bonds is 7. The summed E-state index contributed by atoms with van der Waals surface area (Å²) in [7, 11) is 1.16. The third-order valence-corrected chi connectivity index (χ3v) is 2.70. The largest absolute Gasteiger partial charge is 0.491 e. The van der Waals surface area contributed by atoms with Gasteiger partial charge in [-0.15, -0.1) is 0 Å². The van der Waals surface area contributed by atoms with Gasteiger partial charge in [0.1, 0.15) is 5.75 Å². The first-order valence-corrected chi connectivity index (χ1v) is 6.32. The van der Waals surface area contributed by atoms with E-state index in [0.29, 0.717) is 10.8 Å². The number of aliphatic hydroxyl groups is 1. The van der Waals surface area contributed by atoms with E-state index in [4.69, 9.17) is 16.3 Å². The van der Waals surface area contributed by atoms with Crippen LogP contribution in [0.15, 0.2) is 24.3 Å². The van der Waals surface area contributed by atoms with Gasteiger partial charge >= 0.3 is 5.97 Å². The Bertz CT molecular complexity index is 466. The molecule has 0 radical (unpaired) electrons. The second-order valence-electron chi connectivity index (χ2n) is 3.87. The first-order chi connectivity index (χ1) is 9.54. The van der Waals surface area contributed by atoms with E-state index in [1.54, 1.807) is 24.3 Å². The van der Waals surface area contributed by atoms with Gasteiger partial charge in [0.2, 0.25) is 5.91 Å². The van der Waals surface area contributed by atoms with Gasteiger partial charge in [-0.3, -0.25) is 4.79 Å². The Morgan fingerprint density at radius 3 is 2.75 bits per heavy atom. The Labute approximate surface area is 121 Å². The highest BCUT2D eigenvalue weighted by Gasteiger charge is 2.16. The van der Waals surface area contributed by atoms with Gasteiger partial charge in [-0.25, -0.2) is 4.79 Å². The third-order valence-electron chi connectivity index (χ3n) is 2.39. The van der Waals surface area contributed by atoms with Crippen molar-refractivity contribution in [2.24, 2.45) is 0 Å². The van der Waals surface area contributed by atoms with Gasteiger partial charge in [0.15, 0.2) is 6.10 Å². The van der Waals surface area contributed by atoms with Crippen LogP contribution in [0.5, 0.6) is 5.75 Å². The van der Waals surface area contributed by atoms with E-state index in [2.05, 4.69) is 10.1 Å². The van der Waals surface area contributed by atoms with Gasteiger partial charge in [-0.1, -0.05) is 23.7 Å².